The maximum atomic E-state index is 12.4. The molecule has 1 saturated heterocycles. The molecular formula is C32H32N2O3. The second kappa shape index (κ2) is 10.1. The SMILES string of the molecule is O=C1C=NC(c2ccc(OCCN3CCCCC3)cc2)(c2ccc(-c3ccc4c(c3)CCC4=O)cc2)C1. The van der Waals surface area contributed by atoms with Gasteiger partial charge in [0, 0.05) is 24.9 Å². The molecule has 1 unspecified atom stereocenters. The van der Waals surface area contributed by atoms with Crippen LogP contribution in [0, 0.1) is 0 Å². The fraction of sp³-hybridized carbons (Fsp3) is 0.344. The number of hydrogen-bond donors (Lipinski definition) is 0. The highest BCUT2D eigenvalue weighted by Crippen LogP contribution is 2.41. The van der Waals surface area contributed by atoms with Crippen LogP contribution < -0.4 is 4.74 Å². The van der Waals surface area contributed by atoms with E-state index in [9.17, 15) is 9.59 Å². The molecule has 188 valence electrons. The minimum atomic E-state index is -0.716. The first-order chi connectivity index (χ1) is 18.1. The van der Waals surface area contributed by atoms with E-state index in [4.69, 9.17) is 9.73 Å². The lowest BCUT2D eigenvalue weighted by Crippen LogP contribution is -2.33. The van der Waals surface area contributed by atoms with Crippen molar-refractivity contribution >= 4 is 17.8 Å². The lowest BCUT2D eigenvalue weighted by molar-refractivity contribution is -0.112. The summed E-state index contributed by atoms with van der Waals surface area (Å²) in [4.78, 5) is 31.6. The average molecular weight is 493 g/mol. The van der Waals surface area contributed by atoms with Crippen molar-refractivity contribution in [3.05, 3.63) is 89.0 Å². The van der Waals surface area contributed by atoms with E-state index in [0.717, 1.165) is 52.1 Å². The quantitative estimate of drug-likeness (QED) is 0.429. The highest BCUT2D eigenvalue weighted by atomic mass is 16.5. The van der Waals surface area contributed by atoms with Gasteiger partial charge in [0.05, 0.1) is 6.21 Å². The molecule has 1 atom stereocenters. The molecule has 2 aliphatic heterocycles. The van der Waals surface area contributed by atoms with Crippen LogP contribution in [0.5, 0.6) is 5.75 Å². The van der Waals surface area contributed by atoms with Gasteiger partial charge in [-0.25, -0.2) is 0 Å². The number of aliphatic imine (C=N–C) groups is 1. The van der Waals surface area contributed by atoms with Gasteiger partial charge in [0.15, 0.2) is 11.6 Å². The summed E-state index contributed by atoms with van der Waals surface area (Å²) in [6.45, 7) is 3.97. The Kier molecular flexibility index (Phi) is 6.47. The zero-order valence-electron chi connectivity index (χ0n) is 21.1. The number of ether oxygens (including phenoxy) is 1. The molecule has 3 aromatic carbocycles. The first-order valence-corrected chi connectivity index (χ1v) is 13.4. The van der Waals surface area contributed by atoms with Crippen molar-refractivity contribution in [3.63, 3.8) is 0 Å². The fourth-order valence-corrected chi connectivity index (χ4v) is 5.92. The number of carbonyl (C=O) groups excluding carboxylic acids is 2. The first kappa shape index (κ1) is 23.8. The van der Waals surface area contributed by atoms with Crippen molar-refractivity contribution in [2.45, 2.75) is 44.1 Å². The molecule has 1 aliphatic carbocycles. The molecule has 1 fully saturated rings. The molecule has 5 heteroatoms. The molecule has 0 bridgehead atoms. The molecule has 5 nitrogen and oxygen atoms in total. The third-order valence-corrected chi connectivity index (χ3v) is 8.04. The Bertz CT molecular complexity index is 1340. The Morgan fingerprint density at radius 3 is 2.22 bits per heavy atom. The zero-order valence-corrected chi connectivity index (χ0v) is 21.1. The highest BCUT2D eigenvalue weighted by Gasteiger charge is 2.39. The summed E-state index contributed by atoms with van der Waals surface area (Å²) in [5.74, 6) is 1.12. The molecule has 0 radical (unpaired) electrons. The summed E-state index contributed by atoms with van der Waals surface area (Å²) in [6.07, 6.45) is 7.12. The van der Waals surface area contributed by atoms with Crippen LogP contribution in [0.4, 0.5) is 0 Å². The van der Waals surface area contributed by atoms with Crippen molar-refractivity contribution < 1.29 is 14.3 Å². The number of piperidine rings is 1. The number of hydrogen-bond acceptors (Lipinski definition) is 5. The van der Waals surface area contributed by atoms with Crippen LogP contribution in [0.2, 0.25) is 0 Å². The van der Waals surface area contributed by atoms with E-state index in [1.165, 1.54) is 38.6 Å². The van der Waals surface area contributed by atoms with Crippen LogP contribution in [0.25, 0.3) is 11.1 Å². The van der Waals surface area contributed by atoms with E-state index in [-0.39, 0.29) is 11.6 Å². The van der Waals surface area contributed by atoms with E-state index in [1.54, 1.807) is 0 Å². The third kappa shape index (κ3) is 4.76. The maximum Gasteiger partial charge on any atom is 0.176 e. The molecule has 2 heterocycles. The maximum absolute atomic E-state index is 12.4. The van der Waals surface area contributed by atoms with Crippen molar-refractivity contribution in [1.29, 1.82) is 0 Å². The molecular weight excluding hydrogens is 460 g/mol. The van der Waals surface area contributed by atoms with E-state index in [1.807, 2.05) is 36.4 Å². The number of rotatable bonds is 7. The van der Waals surface area contributed by atoms with Gasteiger partial charge in [-0.1, -0.05) is 61.0 Å². The number of aryl methyl sites for hydroxylation is 1. The topological polar surface area (TPSA) is 59.0 Å². The van der Waals surface area contributed by atoms with E-state index < -0.39 is 5.54 Å². The second-order valence-electron chi connectivity index (χ2n) is 10.4. The monoisotopic (exact) mass is 492 g/mol. The lowest BCUT2D eigenvalue weighted by Gasteiger charge is -2.27. The van der Waals surface area contributed by atoms with E-state index in [0.29, 0.717) is 19.4 Å². The molecule has 0 aromatic heterocycles. The number of fused-ring (bicyclic) bond motifs is 1. The normalized spacial score (nSPS) is 21.4. The molecule has 37 heavy (non-hydrogen) atoms. The summed E-state index contributed by atoms with van der Waals surface area (Å²) in [6, 6.07) is 22.5. The standard InChI is InChI=1S/C32H32N2O3/c35-28-21-32(33-22-28,27-10-12-29(13-11-27)37-19-18-34-16-2-1-3-17-34)26-8-4-23(5-9-26)24-6-14-30-25(20-24)7-15-31(30)36/h4-6,8-14,20,22H,1-3,7,15-19,21H2. The van der Waals surface area contributed by atoms with Gasteiger partial charge in [0.1, 0.15) is 17.9 Å². The van der Waals surface area contributed by atoms with Gasteiger partial charge in [-0.3, -0.25) is 19.5 Å². The number of ketones is 2. The average Bonchev–Trinajstić information content (AvgIpc) is 3.52. The number of carbonyl (C=O) groups is 2. The number of nitrogens with zero attached hydrogens (tertiary/aromatic N) is 2. The van der Waals surface area contributed by atoms with Gasteiger partial charge in [-0.05, 0) is 72.3 Å². The van der Waals surface area contributed by atoms with Gasteiger partial charge in [0.2, 0.25) is 0 Å². The van der Waals surface area contributed by atoms with Crippen LogP contribution >= 0.6 is 0 Å². The van der Waals surface area contributed by atoms with Gasteiger partial charge in [0.25, 0.3) is 0 Å². The molecule has 0 amide bonds. The molecule has 0 spiro atoms. The summed E-state index contributed by atoms with van der Waals surface area (Å²) in [5, 5.41) is 0. The number of Topliss-reactive ketones (excluding diaryl/α,β-unsaturated/α-hetero) is 2. The van der Waals surface area contributed by atoms with E-state index >= 15 is 0 Å². The summed E-state index contributed by atoms with van der Waals surface area (Å²) in [5.41, 5.74) is 5.45. The molecule has 3 aromatic rings. The predicted molar refractivity (Wildman–Crippen MR) is 146 cm³/mol. The first-order valence-electron chi connectivity index (χ1n) is 13.4. The van der Waals surface area contributed by atoms with Crippen LogP contribution in [0.15, 0.2) is 71.7 Å². The Balaban J connectivity index is 1.20. The van der Waals surface area contributed by atoms with Crippen molar-refractivity contribution in [2.75, 3.05) is 26.2 Å². The van der Waals surface area contributed by atoms with Gasteiger partial charge in [-0.15, -0.1) is 0 Å². The van der Waals surface area contributed by atoms with Crippen LogP contribution in [-0.2, 0) is 16.8 Å². The minimum Gasteiger partial charge on any atom is -0.492 e. The Morgan fingerprint density at radius 1 is 0.811 bits per heavy atom. The van der Waals surface area contributed by atoms with Crippen molar-refractivity contribution in [3.8, 4) is 16.9 Å². The molecule has 6 rings (SSSR count). The summed E-state index contributed by atoms with van der Waals surface area (Å²) < 4.78 is 6.02. The number of benzene rings is 3. The Hall–Kier alpha value is -3.57. The summed E-state index contributed by atoms with van der Waals surface area (Å²) >= 11 is 0. The van der Waals surface area contributed by atoms with Gasteiger partial charge >= 0.3 is 0 Å². The summed E-state index contributed by atoms with van der Waals surface area (Å²) in [7, 11) is 0. The predicted octanol–water partition coefficient (Wildman–Crippen LogP) is 5.63. The van der Waals surface area contributed by atoms with Crippen LogP contribution in [0.3, 0.4) is 0 Å². The van der Waals surface area contributed by atoms with Crippen molar-refractivity contribution in [1.82, 2.24) is 4.90 Å². The highest BCUT2D eigenvalue weighted by molar-refractivity contribution is 6.30. The Labute approximate surface area is 218 Å². The third-order valence-electron chi connectivity index (χ3n) is 8.04. The fourth-order valence-electron chi connectivity index (χ4n) is 5.92. The van der Waals surface area contributed by atoms with E-state index in [2.05, 4.69) is 35.2 Å². The second-order valence-corrected chi connectivity index (χ2v) is 10.4. The largest absolute Gasteiger partial charge is 0.492 e. The van der Waals surface area contributed by atoms with Crippen LogP contribution in [0.1, 0.15) is 59.2 Å². The van der Waals surface area contributed by atoms with Gasteiger partial charge < -0.3 is 4.74 Å². The van der Waals surface area contributed by atoms with Crippen LogP contribution in [-0.4, -0.2) is 48.9 Å². The minimum absolute atomic E-state index is 0.0363. The molecule has 0 saturated carbocycles. The molecule has 3 aliphatic rings. The zero-order chi connectivity index (χ0) is 25.2. The smallest absolute Gasteiger partial charge is 0.176 e. The number of likely N-dealkylation sites (tertiary alicyclic amines) is 1. The lowest BCUT2D eigenvalue weighted by atomic mass is 9.80. The van der Waals surface area contributed by atoms with Gasteiger partial charge in [-0.2, -0.15) is 0 Å². The molecule has 0 N–H and O–H groups in total. The van der Waals surface area contributed by atoms with Crippen molar-refractivity contribution in [2.24, 2.45) is 4.99 Å². The Morgan fingerprint density at radius 2 is 1.51 bits per heavy atom.